The van der Waals surface area contributed by atoms with Crippen LogP contribution in [0.25, 0.3) is 10.8 Å². The molecule has 0 bridgehead atoms. The van der Waals surface area contributed by atoms with Gasteiger partial charge in [0, 0.05) is 41.8 Å². The lowest BCUT2D eigenvalue weighted by molar-refractivity contribution is 0.0584. The molecule has 0 radical (unpaired) electrons. The van der Waals surface area contributed by atoms with Gasteiger partial charge in [-0.05, 0) is 76.6 Å². The maximum absolute atomic E-state index is 14.0. The average Bonchev–Trinajstić information content (AvgIpc) is 3.06. The second-order valence-corrected chi connectivity index (χ2v) is 16.6. The lowest BCUT2D eigenvalue weighted by atomic mass is 9.85. The molecule has 2 aromatic carbocycles. The van der Waals surface area contributed by atoms with E-state index >= 15 is 0 Å². The lowest BCUT2D eigenvalue weighted by Crippen LogP contribution is -2.44. The van der Waals surface area contributed by atoms with Gasteiger partial charge in [0.05, 0.1) is 22.3 Å². The predicted octanol–water partition coefficient (Wildman–Crippen LogP) is 12.9. The molecule has 48 heavy (non-hydrogen) atoms. The fourth-order valence-electron chi connectivity index (χ4n) is 7.08. The molecule has 4 amide bonds. The summed E-state index contributed by atoms with van der Waals surface area (Å²) in [5.74, 6) is -1.63. The highest BCUT2D eigenvalue weighted by atomic mass is 79.9. The van der Waals surface area contributed by atoms with E-state index in [-0.39, 0.29) is 0 Å². The summed E-state index contributed by atoms with van der Waals surface area (Å²) in [4.78, 5) is 58.6. The van der Waals surface area contributed by atoms with E-state index in [1.54, 1.807) is 0 Å². The number of rotatable bonds is 22. The molecule has 2 heterocycles. The molecule has 0 aromatic heterocycles. The van der Waals surface area contributed by atoms with Crippen LogP contribution in [0.4, 0.5) is 0 Å². The van der Waals surface area contributed by atoms with E-state index in [2.05, 4.69) is 77.6 Å². The van der Waals surface area contributed by atoms with E-state index < -0.39 is 23.6 Å². The Balaban J connectivity index is 1.48. The van der Waals surface area contributed by atoms with Gasteiger partial charge >= 0.3 is 0 Å². The average molecular weight is 918 g/mol. The third-order valence-electron chi connectivity index (χ3n) is 9.82. The van der Waals surface area contributed by atoms with Gasteiger partial charge in [-0.1, -0.05) is 129 Å². The lowest BCUT2D eigenvalue weighted by Gasteiger charge is -2.34. The molecule has 0 aliphatic carbocycles. The van der Waals surface area contributed by atoms with Crippen LogP contribution in [-0.4, -0.2) is 46.5 Å². The van der Waals surface area contributed by atoms with E-state index in [1.165, 1.54) is 86.8 Å². The predicted molar refractivity (Wildman–Crippen MR) is 209 cm³/mol. The number of carbonyl (C=O) groups excluding carboxylic acids is 4. The Morgan fingerprint density at radius 1 is 0.354 bits per heavy atom. The molecule has 264 valence electrons. The number of halogens is 4. The zero-order valence-electron chi connectivity index (χ0n) is 28.6. The third kappa shape index (κ3) is 8.85. The van der Waals surface area contributed by atoms with Crippen LogP contribution in [-0.2, 0) is 0 Å². The molecular formula is C38H50Br4N2O4. The van der Waals surface area contributed by atoms with Gasteiger partial charge < -0.3 is 0 Å². The van der Waals surface area contributed by atoms with Gasteiger partial charge in [0.2, 0.25) is 0 Å². The summed E-state index contributed by atoms with van der Waals surface area (Å²) >= 11 is 14.5. The monoisotopic (exact) mass is 914 g/mol. The van der Waals surface area contributed by atoms with E-state index in [4.69, 9.17) is 0 Å². The Labute approximate surface area is 320 Å². The van der Waals surface area contributed by atoms with Crippen LogP contribution >= 0.6 is 63.7 Å². The number of hydrogen-bond acceptors (Lipinski definition) is 4. The van der Waals surface area contributed by atoms with Crippen LogP contribution in [0.2, 0.25) is 0 Å². The highest BCUT2D eigenvalue weighted by molar-refractivity contribution is 9.13. The molecule has 2 aliphatic rings. The van der Waals surface area contributed by atoms with Crippen LogP contribution < -0.4 is 0 Å². The number of unbranched alkanes of at least 4 members (excludes halogenated alkanes) is 18. The number of imide groups is 2. The first-order valence-electron chi connectivity index (χ1n) is 18.3. The normalized spacial score (nSPS) is 14.3. The molecule has 10 heteroatoms. The number of nitrogens with zero attached hydrogens (tertiary/aromatic N) is 2. The summed E-state index contributed by atoms with van der Waals surface area (Å²) in [7, 11) is 0. The Bertz CT molecular complexity index is 1320. The van der Waals surface area contributed by atoms with Crippen LogP contribution in [0.3, 0.4) is 0 Å². The smallest absolute Gasteiger partial charge is 0.262 e. The Kier molecular flexibility index (Phi) is 16.1. The molecule has 0 N–H and O–H groups in total. The van der Waals surface area contributed by atoms with Crippen molar-refractivity contribution in [3.63, 3.8) is 0 Å². The van der Waals surface area contributed by atoms with Crippen molar-refractivity contribution in [1.29, 1.82) is 0 Å². The molecule has 2 aromatic rings. The van der Waals surface area contributed by atoms with Gasteiger partial charge in [0.15, 0.2) is 0 Å². The Morgan fingerprint density at radius 2 is 0.562 bits per heavy atom. The molecule has 0 fully saturated rings. The van der Waals surface area contributed by atoms with Crippen molar-refractivity contribution in [2.24, 2.45) is 0 Å². The zero-order valence-corrected chi connectivity index (χ0v) is 34.9. The standard InChI is InChI=1S/C38H50Br4N2O4/c1-3-5-7-9-11-13-15-17-19-21-23-43-35(45)27-25-26-29(33(41)31(27)39)37(47)44(24-22-20-18-16-14-12-10-8-6-4-2)38(48)30(26)34(42)32(40)28(25)36(43)46/h3-24H2,1-2H3. The van der Waals surface area contributed by atoms with Crippen LogP contribution in [0.5, 0.6) is 0 Å². The largest absolute Gasteiger partial charge is 0.274 e. The molecule has 0 atom stereocenters. The SMILES string of the molecule is CCCCCCCCCCCCN1C(=O)c2c(Br)c(Br)c3c4c(c(Br)c(Br)c(c24)C1=O)C(=O)N(CCCCCCCCCCCC)C3=O. The van der Waals surface area contributed by atoms with Gasteiger partial charge in [0.25, 0.3) is 23.6 Å². The third-order valence-corrected chi connectivity index (χ3v) is 14.1. The fraction of sp³-hybridized carbons (Fsp3) is 0.632. The van der Waals surface area contributed by atoms with Crippen molar-refractivity contribution in [3.05, 3.63) is 40.1 Å². The summed E-state index contributed by atoms with van der Waals surface area (Å²) in [5.41, 5.74) is 1.22. The molecule has 0 saturated heterocycles. The van der Waals surface area contributed by atoms with Crippen LogP contribution in [0.1, 0.15) is 184 Å². The minimum absolute atomic E-state index is 0.306. The van der Waals surface area contributed by atoms with Crippen LogP contribution in [0.15, 0.2) is 17.9 Å². The molecule has 0 unspecified atom stereocenters. The molecule has 0 saturated carbocycles. The van der Waals surface area contributed by atoms with Crippen molar-refractivity contribution in [2.75, 3.05) is 13.1 Å². The minimum atomic E-state index is -0.407. The first kappa shape index (κ1) is 39.7. The van der Waals surface area contributed by atoms with Gasteiger partial charge in [-0.2, -0.15) is 0 Å². The second kappa shape index (κ2) is 19.5. The van der Waals surface area contributed by atoms with Gasteiger partial charge in [-0.15, -0.1) is 0 Å². The van der Waals surface area contributed by atoms with Crippen molar-refractivity contribution in [3.8, 4) is 0 Å². The molecule has 4 rings (SSSR count). The molecule has 2 aliphatic heterocycles. The summed E-state index contributed by atoms with van der Waals surface area (Å²) in [6.45, 7) is 5.09. The van der Waals surface area contributed by atoms with Crippen LogP contribution in [0, 0.1) is 0 Å². The van der Waals surface area contributed by atoms with Crippen molar-refractivity contribution < 1.29 is 19.2 Å². The molecule has 6 nitrogen and oxygen atoms in total. The van der Waals surface area contributed by atoms with Gasteiger partial charge in [-0.25, -0.2) is 0 Å². The maximum atomic E-state index is 14.0. The second-order valence-electron chi connectivity index (χ2n) is 13.4. The highest BCUT2D eigenvalue weighted by Crippen LogP contribution is 2.50. The summed E-state index contributed by atoms with van der Waals surface area (Å²) < 4.78 is 1.72. The van der Waals surface area contributed by atoms with Crippen molar-refractivity contribution in [2.45, 2.75) is 142 Å². The summed E-state index contributed by atoms with van der Waals surface area (Å²) in [5, 5.41) is 0.722. The zero-order chi connectivity index (χ0) is 34.8. The summed E-state index contributed by atoms with van der Waals surface area (Å²) in [6, 6.07) is 0. The van der Waals surface area contributed by atoms with E-state index in [9.17, 15) is 19.2 Å². The fourth-order valence-corrected chi connectivity index (χ4v) is 9.34. The first-order chi connectivity index (χ1) is 23.2. The quantitative estimate of drug-likeness (QED) is 0.0871. The number of carbonyl (C=O) groups is 4. The minimum Gasteiger partial charge on any atom is -0.274 e. The van der Waals surface area contributed by atoms with E-state index in [0.717, 1.165) is 51.4 Å². The Hall–Kier alpha value is -1.10. The Morgan fingerprint density at radius 3 is 0.792 bits per heavy atom. The van der Waals surface area contributed by atoms with E-state index in [1.807, 2.05) is 0 Å². The number of benzene rings is 2. The maximum Gasteiger partial charge on any atom is 0.262 e. The van der Waals surface area contributed by atoms with Crippen molar-refractivity contribution >= 4 is 98.1 Å². The number of amides is 4. The van der Waals surface area contributed by atoms with Gasteiger partial charge in [0.1, 0.15) is 0 Å². The van der Waals surface area contributed by atoms with Crippen molar-refractivity contribution in [1.82, 2.24) is 9.80 Å². The summed E-state index contributed by atoms with van der Waals surface area (Å²) in [6.07, 6.45) is 23.1. The highest BCUT2D eigenvalue weighted by Gasteiger charge is 2.45. The molecular weight excluding hydrogens is 868 g/mol. The first-order valence-corrected chi connectivity index (χ1v) is 21.4. The van der Waals surface area contributed by atoms with Gasteiger partial charge in [-0.3, -0.25) is 29.0 Å². The topological polar surface area (TPSA) is 74.8 Å². The van der Waals surface area contributed by atoms with E-state index in [0.29, 0.717) is 64.0 Å². The number of hydrogen-bond donors (Lipinski definition) is 0. The molecule has 0 spiro atoms.